The van der Waals surface area contributed by atoms with Crippen LogP contribution in [0, 0.1) is 19.8 Å². The minimum absolute atomic E-state index is 0.0805. The summed E-state index contributed by atoms with van der Waals surface area (Å²) in [4.78, 5) is 15.2. The monoisotopic (exact) mass is 325 g/mol. The minimum Gasteiger partial charge on any atom is -0.348 e. The van der Waals surface area contributed by atoms with Gasteiger partial charge in [0.25, 0.3) is 5.91 Å². The molecule has 1 atom stereocenters. The Labute approximate surface area is 143 Å². The zero-order valence-electron chi connectivity index (χ0n) is 14.9. The molecule has 0 radical (unpaired) electrons. The third-order valence-electron chi connectivity index (χ3n) is 6.19. The Bertz CT molecular complexity index is 784. The lowest BCUT2D eigenvalue weighted by Crippen LogP contribution is -2.57. The molecule has 0 spiro atoms. The Balaban J connectivity index is 1.59. The van der Waals surface area contributed by atoms with Crippen molar-refractivity contribution in [1.82, 2.24) is 14.8 Å². The maximum absolute atomic E-state index is 12.8. The van der Waals surface area contributed by atoms with E-state index in [1.165, 1.54) is 48.1 Å². The van der Waals surface area contributed by atoms with Crippen LogP contribution in [-0.4, -0.2) is 41.1 Å². The van der Waals surface area contributed by atoms with E-state index in [0.717, 1.165) is 18.7 Å². The van der Waals surface area contributed by atoms with E-state index in [1.807, 2.05) is 6.07 Å². The first kappa shape index (κ1) is 15.7. The quantitative estimate of drug-likeness (QED) is 0.941. The minimum atomic E-state index is 0.0805. The highest BCUT2D eigenvalue weighted by Crippen LogP contribution is 2.29. The van der Waals surface area contributed by atoms with E-state index in [0.29, 0.717) is 12.0 Å². The lowest BCUT2D eigenvalue weighted by atomic mass is 9.84. The van der Waals surface area contributed by atoms with Gasteiger partial charge in [0.15, 0.2) is 0 Å². The van der Waals surface area contributed by atoms with Crippen molar-refractivity contribution in [3.05, 3.63) is 35.0 Å². The predicted molar refractivity (Wildman–Crippen MR) is 97.5 cm³/mol. The van der Waals surface area contributed by atoms with E-state index >= 15 is 0 Å². The van der Waals surface area contributed by atoms with Crippen molar-refractivity contribution in [2.75, 3.05) is 19.6 Å². The van der Waals surface area contributed by atoms with Crippen LogP contribution >= 0.6 is 0 Å². The first-order chi connectivity index (χ1) is 11.6. The SMILES string of the molecule is CCn1c(C)c(C)c2cc(C(=O)NC3CN4CCC3CC4)ccc21. The van der Waals surface area contributed by atoms with E-state index in [1.54, 1.807) is 0 Å². The van der Waals surface area contributed by atoms with Crippen molar-refractivity contribution in [1.29, 1.82) is 0 Å². The van der Waals surface area contributed by atoms with Crippen molar-refractivity contribution in [3.63, 3.8) is 0 Å². The standard InChI is InChI=1S/C20H27N3O/c1-4-23-14(3)13(2)17-11-16(5-6-19(17)23)20(24)21-18-12-22-9-7-15(18)8-10-22/h5-6,11,15,18H,4,7-10,12H2,1-3H3,(H,21,24). The Morgan fingerprint density at radius 2 is 2.00 bits per heavy atom. The number of amides is 1. The van der Waals surface area contributed by atoms with E-state index < -0.39 is 0 Å². The van der Waals surface area contributed by atoms with Crippen molar-refractivity contribution in [2.24, 2.45) is 5.92 Å². The molecule has 3 aliphatic heterocycles. The Morgan fingerprint density at radius 1 is 1.25 bits per heavy atom. The van der Waals surface area contributed by atoms with Gasteiger partial charge in [-0.1, -0.05) is 0 Å². The van der Waals surface area contributed by atoms with Crippen molar-refractivity contribution >= 4 is 16.8 Å². The van der Waals surface area contributed by atoms with Gasteiger partial charge in [-0.15, -0.1) is 0 Å². The molecule has 4 heteroatoms. The van der Waals surface area contributed by atoms with E-state index in [-0.39, 0.29) is 5.91 Å². The summed E-state index contributed by atoms with van der Waals surface area (Å²) in [5.41, 5.74) is 4.59. The van der Waals surface area contributed by atoms with Crippen LogP contribution in [0.5, 0.6) is 0 Å². The van der Waals surface area contributed by atoms with Gasteiger partial charge in [0.05, 0.1) is 0 Å². The summed E-state index contributed by atoms with van der Waals surface area (Å²) in [7, 11) is 0. The first-order valence-electron chi connectivity index (χ1n) is 9.21. The highest BCUT2D eigenvalue weighted by molar-refractivity contribution is 5.99. The molecule has 2 aromatic rings. The Morgan fingerprint density at radius 3 is 2.62 bits per heavy atom. The topological polar surface area (TPSA) is 37.3 Å². The molecule has 4 nitrogen and oxygen atoms in total. The molecule has 1 N–H and O–H groups in total. The maximum atomic E-state index is 12.8. The number of piperidine rings is 3. The molecule has 1 aromatic heterocycles. The smallest absolute Gasteiger partial charge is 0.251 e. The van der Waals surface area contributed by atoms with Crippen molar-refractivity contribution < 1.29 is 4.79 Å². The van der Waals surface area contributed by atoms with Crippen LogP contribution in [0.4, 0.5) is 0 Å². The first-order valence-corrected chi connectivity index (χ1v) is 9.21. The second-order valence-corrected chi connectivity index (χ2v) is 7.40. The molecule has 4 heterocycles. The highest BCUT2D eigenvalue weighted by Gasteiger charge is 2.34. The number of carbonyl (C=O) groups is 1. The lowest BCUT2D eigenvalue weighted by Gasteiger charge is -2.44. The molecular weight excluding hydrogens is 298 g/mol. The fourth-order valence-electron chi connectivity index (χ4n) is 4.58. The Hall–Kier alpha value is -1.81. The molecule has 24 heavy (non-hydrogen) atoms. The Kier molecular flexibility index (Phi) is 3.87. The molecule has 3 saturated heterocycles. The van der Waals surface area contributed by atoms with Gasteiger partial charge in [-0.05, 0) is 76.4 Å². The average molecular weight is 325 g/mol. The van der Waals surface area contributed by atoms with Crippen LogP contribution in [0.1, 0.15) is 41.4 Å². The summed E-state index contributed by atoms with van der Waals surface area (Å²) in [6, 6.07) is 6.47. The largest absolute Gasteiger partial charge is 0.348 e. The second-order valence-electron chi connectivity index (χ2n) is 7.40. The van der Waals surface area contributed by atoms with E-state index in [4.69, 9.17) is 0 Å². The highest BCUT2D eigenvalue weighted by atomic mass is 16.1. The fourth-order valence-corrected chi connectivity index (χ4v) is 4.58. The molecular formula is C20H27N3O. The summed E-state index contributed by atoms with van der Waals surface area (Å²) in [5, 5.41) is 4.50. The molecule has 0 saturated carbocycles. The zero-order chi connectivity index (χ0) is 16.8. The van der Waals surface area contributed by atoms with E-state index in [2.05, 4.69) is 47.7 Å². The number of rotatable bonds is 3. The van der Waals surface area contributed by atoms with Crippen LogP contribution < -0.4 is 5.32 Å². The van der Waals surface area contributed by atoms with Crippen LogP contribution in [0.15, 0.2) is 18.2 Å². The predicted octanol–water partition coefficient (Wildman–Crippen LogP) is 3.10. The number of nitrogens with zero attached hydrogens (tertiary/aromatic N) is 2. The molecule has 5 rings (SSSR count). The molecule has 1 unspecified atom stereocenters. The molecule has 0 aliphatic carbocycles. The van der Waals surface area contributed by atoms with Crippen LogP contribution in [0.2, 0.25) is 0 Å². The van der Waals surface area contributed by atoms with Crippen LogP contribution in [-0.2, 0) is 6.54 Å². The number of nitrogens with one attached hydrogen (secondary N) is 1. The van der Waals surface area contributed by atoms with Gasteiger partial charge in [0.2, 0.25) is 0 Å². The van der Waals surface area contributed by atoms with Gasteiger partial charge < -0.3 is 14.8 Å². The lowest BCUT2D eigenvalue weighted by molar-refractivity contribution is 0.0620. The third-order valence-corrected chi connectivity index (χ3v) is 6.19. The number of aromatic nitrogens is 1. The summed E-state index contributed by atoms with van der Waals surface area (Å²) in [5.74, 6) is 0.741. The molecule has 1 aromatic carbocycles. The van der Waals surface area contributed by atoms with Gasteiger partial charge >= 0.3 is 0 Å². The summed E-state index contributed by atoms with van der Waals surface area (Å²) in [6.45, 7) is 10.9. The normalized spacial score (nSPS) is 26.0. The summed E-state index contributed by atoms with van der Waals surface area (Å²) < 4.78 is 2.32. The molecule has 2 bridgehead atoms. The van der Waals surface area contributed by atoms with Crippen molar-refractivity contribution in [3.8, 4) is 0 Å². The molecule has 128 valence electrons. The van der Waals surface area contributed by atoms with Crippen LogP contribution in [0.3, 0.4) is 0 Å². The molecule has 3 fully saturated rings. The number of carbonyl (C=O) groups excluding carboxylic acids is 1. The summed E-state index contributed by atoms with van der Waals surface area (Å²) >= 11 is 0. The van der Waals surface area contributed by atoms with Gasteiger partial charge in [-0.25, -0.2) is 0 Å². The van der Waals surface area contributed by atoms with Gasteiger partial charge in [-0.3, -0.25) is 4.79 Å². The van der Waals surface area contributed by atoms with E-state index in [9.17, 15) is 4.79 Å². The average Bonchev–Trinajstić information content (AvgIpc) is 2.86. The van der Waals surface area contributed by atoms with Gasteiger partial charge in [0.1, 0.15) is 0 Å². The second kappa shape index (κ2) is 5.92. The van der Waals surface area contributed by atoms with Gasteiger partial charge in [0, 0.05) is 41.3 Å². The zero-order valence-corrected chi connectivity index (χ0v) is 14.9. The number of hydrogen-bond donors (Lipinski definition) is 1. The van der Waals surface area contributed by atoms with Gasteiger partial charge in [-0.2, -0.15) is 0 Å². The number of fused-ring (bicyclic) bond motifs is 4. The fraction of sp³-hybridized carbons (Fsp3) is 0.550. The van der Waals surface area contributed by atoms with Crippen molar-refractivity contribution in [2.45, 2.75) is 46.2 Å². The van der Waals surface area contributed by atoms with Crippen LogP contribution in [0.25, 0.3) is 10.9 Å². The maximum Gasteiger partial charge on any atom is 0.251 e. The number of hydrogen-bond acceptors (Lipinski definition) is 2. The number of benzene rings is 1. The number of aryl methyl sites for hydroxylation is 2. The molecule has 1 amide bonds. The third kappa shape index (κ3) is 2.44. The molecule has 3 aliphatic rings. The summed E-state index contributed by atoms with van der Waals surface area (Å²) in [6.07, 6.45) is 2.45.